The second-order valence-corrected chi connectivity index (χ2v) is 7.88. The molecule has 6 heteroatoms. The molecule has 2 amide bonds. The maximum absolute atomic E-state index is 12.4. The first kappa shape index (κ1) is 19.3. The van der Waals surface area contributed by atoms with Crippen molar-refractivity contribution in [3.8, 4) is 0 Å². The van der Waals surface area contributed by atoms with Crippen molar-refractivity contribution in [3.63, 3.8) is 0 Å². The summed E-state index contributed by atoms with van der Waals surface area (Å²) in [5, 5.41) is 2.82. The first-order valence-corrected chi connectivity index (χ1v) is 8.03. The Morgan fingerprint density at radius 3 is 2.17 bits per heavy atom. The molecule has 132 valence electrons. The van der Waals surface area contributed by atoms with Gasteiger partial charge >= 0.3 is 12.2 Å². The van der Waals surface area contributed by atoms with Crippen LogP contribution in [0.25, 0.3) is 0 Å². The van der Waals surface area contributed by atoms with Gasteiger partial charge < -0.3 is 14.8 Å². The Labute approximate surface area is 139 Å². The van der Waals surface area contributed by atoms with Crippen molar-refractivity contribution in [1.29, 1.82) is 0 Å². The molecule has 0 aromatic rings. The Balaban J connectivity index is 2.72. The molecule has 0 saturated carbocycles. The van der Waals surface area contributed by atoms with E-state index >= 15 is 0 Å². The van der Waals surface area contributed by atoms with Crippen LogP contribution in [0.4, 0.5) is 9.59 Å². The zero-order valence-corrected chi connectivity index (χ0v) is 15.3. The van der Waals surface area contributed by atoms with Crippen molar-refractivity contribution in [2.45, 2.75) is 78.2 Å². The van der Waals surface area contributed by atoms with E-state index in [0.717, 1.165) is 0 Å². The molecule has 2 atom stereocenters. The summed E-state index contributed by atoms with van der Waals surface area (Å²) in [6, 6.07) is -0.297. The van der Waals surface area contributed by atoms with Crippen molar-refractivity contribution in [3.05, 3.63) is 12.2 Å². The highest BCUT2D eigenvalue weighted by Crippen LogP contribution is 2.17. The van der Waals surface area contributed by atoms with Crippen LogP contribution in [0.1, 0.15) is 54.9 Å². The number of ether oxygens (including phenoxy) is 2. The Morgan fingerprint density at radius 1 is 1.09 bits per heavy atom. The highest BCUT2D eigenvalue weighted by atomic mass is 16.6. The van der Waals surface area contributed by atoms with Crippen LogP contribution in [0.5, 0.6) is 0 Å². The number of amides is 2. The third kappa shape index (κ3) is 7.39. The van der Waals surface area contributed by atoms with Gasteiger partial charge in [0.1, 0.15) is 11.2 Å². The molecule has 6 nitrogen and oxygen atoms in total. The summed E-state index contributed by atoms with van der Waals surface area (Å²) in [4.78, 5) is 25.9. The van der Waals surface area contributed by atoms with Gasteiger partial charge in [-0.05, 0) is 54.9 Å². The van der Waals surface area contributed by atoms with Crippen LogP contribution in [0, 0.1) is 0 Å². The summed E-state index contributed by atoms with van der Waals surface area (Å²) in [5.74, 6) is 0. The van der Waals surface area contributed by atoms with Gasteiger partial charge in [-0.2, -0.15) is 0 Å². The molecule has 0 aromatic heterocycles. The number of alkyl carbamates (subject to hydrolysis) is 1. The normalized spacial score (nSPS) is 22.3. The van der Waals surface area contributed by atoms with Crippen LogP contribution in [-0.2, 0) is 9.47 Å². The van der Waals surface area contributed by atoms with E-state index in [1.165, 1.54) is 0 Å². The van der Waals surface area contributed by atoms with E-state index in [0.29, 0.717) is 13.0 Å². The van der Waals surface area contributed by atoms with Gasteiger partial charge in [-0.1, -0.05) is 12.2 Å². The summed E-state index contributed by atoms with van der Waals surface area (Å²) >= 11 is 0. The van der Waals surface area contributed by atoms with E-state index < -0.39 is 17.3 Å². The Bertz CT molecular complexity index is 460. The number of hydrogen-bond donors (Lipinski definition) is 1. The molecular weight excluding hydrogens is 296 g/mol. The van der Waals surface area contributed by atoms with Crippen molar-refractivity contribution in [2.24, 2.45) is 0 Å². The van der Waals surface area contributed by atoms with Crippen molar-refractivity contribution in [2.75, 3.05) is 6.54 Å². The summed E-state index contributed by atoms with van der Waals surface area (Å²) in [5.41, 5.74) is -1.11. The third-order valence-corrected chi connectivity index (χ3v) is 3.09. The van der Waals surface area contributed by atoms with Crippen molar-refractivity contribution >= 4 is 12.2 Å². The number of nitrogens with zero attached hydrogens (tertiary/aromatic N) is 1. The first-order valence-electron chi connectivity index (χ1n) is 8.03. The molecule has 0 radical (unpaired) electrons. The van der Waals surface area contributed by atoms with Gasteiger partial charge in [-0.25, -0.2) is 9.59 Å². The third-order valence-electron chi connectivity index (χ3n) is 3.09. The fourth-order valence-electron chi connectivity index (χ4n) is 2.16. The van der Waals surface area contributed by atoms with E-state index in [2.05, 4.69) is 5.32 Å². The van der Waals surface area contributed by atoms with E-state index in [9.17, 15) is 9.59 Å². The fraction of sp³-hybridized carbons (Fsp3) is 0.765. The molecule has 0 spiro atoms. The average molecular weight is 326 g/mol. The van der Waals surface area contributed by atoms with Gasteiger partial charge in [0, 0.05) is 6.54 Å². The quantitative estimate of drug-likeness (QED) is 0.749. The van der Waals surface area contributed by atoms with Crippen LogP contribution < -0.4 is 5.32 Å². The second kappa shape index (κ2) is 7.23. The SMILES string of the molecule is CC1C=CCC(NC(=O)OC(C)(C)C)CN1C(=O)OC(C)(C)C. The molecule has 1 N–H and O–H groups in total. The van der Waals surface area contributed by atoms with Crippen LogP contribution in [0.2, 0.25) is 0 Å². The summed E-state index contributed by atoms with van der Waals surface area (Å²) in [6.45, 7) is 13.2. The van der Waals surface area contributed by atoms with Crippen LogP contribution in [-0.4, -0.2) is 46.9 Å². The molecule has 23 heavy (non-hydrogen) atoms. The lowest BCUT2D eigenvalue weighted by Gasteiger charge is -2.32. The molecule has 0 fully saturated rings. The number of rotatable bonds is 1. The van der Waals surface area contributed by atoms with E-state index in [-0.39, 0.29) is 18.2 Å². The second-order valence-electron chi connectivity index (χ2n) is 7.88. The molecule has 1 aliphatic rings. The monoisotopic (exact) mass is 326 g/mol. The summed E-state index contributed by atoms with van der Waals surface area (Å²) in [7, 11) is 0. The minimum atomic E-state index is -0.555. The number of carbonyl (C=O) groups excluding carboxylic acids is 2. The molecule has 0 aliphatic carbocycles. The number of carbonyl (C=O) groups is 2. The average Bonchev–Trinajstić information content (AvgIpc) is 2.46. The van der Waals surface area contributed by atoms with Crippen LogP contribution in [0.15, 0.2) is 12.2 Å². The lowest BCUT2D eigenvalue weighted by Crippen LogP contribution is -2.49. The zero-order valence-electron chi connectivity index (χ0n) is 15.3. The zero-order chi connectivity index (χ0) is 17.8. The Hall–Kier alpha value is -1.72. The van der Waals surface area contributed by atoms with Gasteiger partial charge in [-0.3, -0.25) is 4.90 Å². The van der Waals surface area contributed by atoms with Gasteiger partial charge in [0.2, 0.25) is 0 Å². The van der Waals surface area contributed by atoms with Crippen molar-refractivity contribution < 1.29 is 19.1 Å². The minimum absolute atomic E-state index is 0.0877. The maximum Gasteiger partial charge on any atom is 0.410 e. The number of hydrogen-bond acceptors (Lipinski definition) is 4. The smallest absolute Gasteiger partial charge is 0.410 e. The predicted octanol–water partition coefficient (Wildman–Crippen LogP) is 3.47. The van der Waals surface area contributed by atoms with E-state index in [4.69, 9.17) is 9.47 Å². The van der Waals surface area contributed by atoms with E-state index in [1.807, 2.05) is 60.6 Å². The molecule has 2 unspecified atom stereocenters. The van der Waals surface area contributed by atoms with E-state index in [1.54, 1.807) is 4.90 Å². The lowest BCUT2D eigenvalue weighted by atomic mass is 10.2. The minimum Gasteiger partial charge on any atom is -0.444 e. The summed E-state index contributed by atoms with van der Waals surface area (Å²) < 4.78 is 10.7. The summed E-state index contributed by atoms with van der Waals surface area (Å²) in [6.07, 6.45) is 3.70. The molecule has 0 saturated heterocycles. The van der Waals surface area contributed by atoms with Crippen LogP contribution in [0.3, 0.4) is 0 Å². The maximum atomic E-state index is 12.4. The van der Waals surface area contributed by atoms with Gasteiger partial charge in [-0.15, -0.1) is 0 Å². The molecular formula is C17H30N2O4. The highest BCUT2D eigenvalue weighted by molar-refractivity contribution is 5.70. The number of nitrogens with one attached hydrogen (secondary N) is 1. The molecule has 0 aromatic carbocycles. The van der Waals surface area contributed by atoms with Gasteiger partial charge in [0.15, 0.2) is 0 Å². The largest absolute Gasteiger partial charge is 0.444 e. The molecule has 1 rings (SSSR count). The van der Waals surface area contributed by atoms with Crippen LogP contribution >= 0.6 is 0 Å². The Kier molecular flexibility index (Phi) is 6.08. The first-order chi connectivity index (χ1) is 10.4. The molecule has 0 bridgehead atoms. The molecule has 1 heterocycles. The standard InChI is InChI=1S/C17H30N2O4/c1-12-9-8-10-13(18-14(20)22-16(2,3)4)11-19(12)15(21)23-17(5,6)7/h8-9,12-13H,10-11H2,1-7H3,(H,18,20). The fourth-order valence-corrected chi connectivity index (χ4v) is 2.16. The van der Waals surface area contributed by atoms with Gasteiger partial charge in [0.25, 0.3) is 0 Å². The van der Waals surface area contributed by atoms with Gasteiger partial charge in [0.05, 0.1) is 12.1 Å². The topological polar surface area (TPSA) is 67.9 Å². The highest BCUT2D eigenvalue weighted by Gasteiger charge is 2.30. The molecule has 1 aliphatic heterocycles. The Morgan fingerprint density at radius 2 is 1.65 bits per heavy atom. The van der Waals surface area contributed by atoms with Crippen molar-refractivity contribution in [1.82, 2.24) is 10.2 Å². The predicted molar refractivity (Wildman–Crippen MR) is 89.3 cm³/mol. The lowest BCUT2D eigenvalue weighted by molar-refractivity contribution is 0.0181.